The summed E-state index contributed by atoms with van der Waals surface area (Å²) in [6.07, 6.45) is -3.62. The van der Waals surface area contributed by atoms with Crippen LogP contribution in [0.4, 0.5) is 24.5 Å². The first-order valence-electron chi connectivity index (χ1n) is 14.9. The van der Waals surface area contributed by atoms with E-state index in [2.05, 4.69) is 19.3 Å². The van der Waals surface area contributed by atoms with Crippen molar-refractivity contribution in [1.29, 1.82) is 0 Å². The number of pyridine rings is 1. The highest BCUT2D eigenvalue weighted by molar-refractivity contribution is 7.92. The van der Waals surface area contributed by atoms with Crippen molar-refractivity contribution in [2.45, 2.75) is 17.8 Å². The second-order valence-corrected chi connectivity index (χ2v) is 13.7. The van der Waals surface area contributed by atoms with Crippen LogP contribution in [0.25, 0.3) is 22.0 Å². The van der Waals surface area contributed by atoms with E-state index < -0.39 is 33.7 Å². The van der Waals surface area contributed by atoms with Crippen molar-refractivity contribution in [2.24, 2.45) is 0 Å². The van der Waals surface area contributed by atoms with Gasteiger partial charge in [0.2, 0.25) is 0 Å². The second kappa shape index (κ2) is 13.7. The summed E-state index contributed by atoms with van der Waals surface area (Å²) in [5, 5.41) is 1.63. The third-order valence-corrected chi connectivity index (χ3v) is 10.3. The molecule has 254 valence electrons. The highest BCUT2D eigenvalue weighted by atomic mass is 35.5. The lowest BCUT2D eigenvalue weighted by Gasteiger charge is -2.35. The molecule has 5 aromatic rings. The summed E-state index contributed by atoms with van der Waals surface area (Å²) in [5.41, 5.74) is 7.65. The summed E-state index contributed by atoms with van der Waals surface area (Å²) in [4.78, 5) is 21.1. The number of piperazine rings is 1. The maximum atomic E-state index is 13.8. The third-order valence-electron chi connectivity index (χ3n) is 8.00. The number of anilines is 2. The fourth-order valence-electron chi connectivity index (χ4n) is 5.67. The number of ether oxygens (including phenoxy) is 1. The molecule has 1 fully saturated rings. The van der Waals surface area contributed by atoms with Crippen molar-refractivity contribution >= 4 is 61.4 Å². The maximum absolute atomic E-state index is 13.8. The van der Waals surface area contributed by atoms with Crippen LogP contribution in [-0.2, 0) is 16.6 Å². The number of carbonyl (C=O) groups is 1. The first-order valence-corrected chi connectivity index (χ1v) is 17.1. The van der Waals surface area contributed by atoms with Gasteiger partial charge in [-0.15, -0.1) is 13.2 Å². The number of amides is 1. The SMILES string of the molecule is Nc1ccc(S(=O)(=O)Nc2ccc(C(=O)N3CCN(Cc4cccc(Cl)c4Cl)CC3)cc2OC(F)(F)F)c(-c2cccc3cccnc23)c1. The molecular formula is C34H28Cl2F3N5O4S. The Morgan fingerprint density at radius 2 is 1.65 bits per heavy atom. The average Bonchev–Trinajstić information content (AvgIpc) is 3.06. The van der Waals surface area contributed by atoms with Crippen molar-refractivity contribution < 1.29 is 31.1 Å². The molecule has 1 amide bonds. The van der Waals surface area contributed by atoms with Gasteiger partial charge in [0, 0.05) is 66.7 Å². The zero-order valence-corrected chi connectivity index (χ0v) is 27.9. The Hall–Kier alpha value is -4.56. The Balaban J connectivity index is 1.25. The maximum Gasteiger partial charge on any atom is 0.573 e. The van der Waals surface area contributed by atoms with Gasteiger partial charge in [-0.05, 0) is 54.1 Å². The van der Waals surface area contributed by atoms with Crippen molar-refractivity contribution in [1.82, 2.24) is 14.8 Å². The quantitative estimate of drug-likeness (QED) is 0.159. The predicted octanol–water partition coefficient (Wildman–Crippen LogP) is 7.45. The van der Waals surface area contributed by atoms with Crippen LogP contribution < -0.4 is 15.2 Å². The monoisotopic (exact) mass is 729 g/mol. The van der Waals surface area contributed by atoms with E-state index in [4.69, 9.17) is 28.9 Å². The number of hydrogen-bond acceptors (Lipinski definition) is 7. The van der Waals surface area contributed by atoms with Crippen LogP contribution in [0.15, 0.2) is 96.0 Å². The van der Waals surface area contributed by atoms with E-state index in [1.54, 1.807) is 36.5 Å². The molecule has 0 bridgehead atoms. The molecule has 1 aliphatic rings. The molecule has 15 heteroatoms. The number of carbonyl (C=O) groups excluding carboxylic acids is 1. The lowest BCUT2D eigenvalue weighted by molar-refractivity contribution is -0.274. The summed E-state index contributed by atoms with van der Waals surface area (Å²) in [7, 11) is -4.55. The zero-order chi connectivity index (χ0) is 34.9. The number of nitrogens with two attached hydrogens (primary N) is 1. The Morgan fingerprint density at radius 3 is 2.41 bits per heavy atom. The van der Waals surface area contributed by atoms with Gasteiger partial charge >= 0.3 is 6.36 Å². The molecule has 1 aliphatic heterocycles. The highest BCUT2D eigenvalue weighted by Gasteiger charge is 2.34. The van der Waals surface area contributed by atoms with Crippen LogP contribution in [0, 0.1) is 0 Å². The predicted molar refractivity (Wildman–Crippen MR) is 183 cm³/mol. The summed E-state index contributed by atoms with van der Waals surface area (Å²) in [6, 6.07) is 21.4. The minimum Gasteiger partial charge on any atom is -0.404 e. The fraction of sp³-hybridized carbons (Fsp3) is 0.176. The van der Waals surface area contributed by atoms with Gasteiger partial charge in [-0.3, -0.25) is 19.4 Å². The van der Waals surface area contributed by atoms with Crippen molar-refractivity contribution in [2.75, 3.05) is 36.6 Å². The van der Waals surface area contributed by atoms with Crippen LogP contribution >= 0.6 is 23.2 Å². The van der Waals surface area contributed by atoms with E-state index in [1.165, 1.54) is 29.2 Å². The van der Waals surface area contributed by atoms with Gasteiger partial charge in [0.05, 0.1) is 26.1 Å². The zero-order valence-electron chi connectivity index (χ0n) is 25.5. The van der Waals surface area contributed by atoms with Gasteiger partial charge in [-0.25, -0.2) is 8.42 Å². The van der Waals surface area contributed by atoms with Gasteiger partial charge in [0.1, 0.15) is 0 Å². The summed E-state index contributed by atoms with van der Waals surface area (Å²) >= 11 is 12.4. The Labute approximate surface area is 290 Å². The number of halogens is 5. The first kappa shape index (κ1) is 34.3. The van der Waals surface area contributed by atoms with Gasteiger partial charge < -0.3 is 15.4 Å². The molecule has 0 aliphatic carbocycles. The van der Waals surface area contributed by atoms with E-state index in [9.17, 15) is 26.4 Å². The van der Waals surface area contributed by atoms with Crippen LogP contribution in [0.5, 0.6) is 5.75 Å². The second-order valence-electron chi connectivity index (χ2n) is 11.3. The molecule has 2 heterocycles. The van der Waals surface area contributed by atoms with Crippen molar-refractivity contribution in [3.05, 3.63) is 112 Å². The van der Waals surface area contributed by atoms with E-state index >= 15 is 0 Å². The molecule has 49 heavy (non-hydrogen) atoms. The molecular weight excluding hydrogens is 702 g/mol. The Kier molecular flexibility index (Phi) is 9.63. The lowest BCUT2D eigenvalue weighted by Crippen LogP contribution is -2.48. The molecule has 1 saturated heterocycles. The standard InChI is InChI=1S/C34H28Cl2F3N5O4S/c35-27-8-2-5-23(31(27)36)20-43-14-16-44(17-15-43)33(45)22-9-11-28(29(18-22)48-34(37,38)39)42-49(46,47)30-12-10-24(40)19-26(30)25-7-1-4-21-6-3-13-41-32(21)25/h1-13,18-19,42H,14-17,20,40H2. The normalized spacial score (nSPS) is 14.2. The minimum atomic E-state index is -5.18. The number of nitrogens with zero attached hydrogens (tertiary/aromatic N) is 3. The number of sulfonamides is 1. The Bertz CT molecular complexity index is 2160. The number of benzene rings is 4. The molecule has 4 aromatic carbocycles. The number of nitrogens with one attached hydrogen (secondary N) is 1. The molecule has 0 atom stereocenters. The molecule has 0 spiro atoms. The number of hydrogen-bond donors (Lipinski definition) is 2. The van der Waals surface area contributed by atoms with Crippen LogP contribution in [0.1, 0.15) is 15.9 Å². The number of alkyl halides is 3. The molecule has 3 N–H and O–H groups in total. The van der Waals surface area contributed by atoms with Gasteiger partial charge in [0.15, 0.2) is 5.75 Å². The van der Waals surface area contributed by atoms with E-state index in [1.807, 2.05) is 18.2 Å². The van der Waals surface area contributed by atoms with Crippen LogP contribution in [0.3, 0.4) is 0 Å². The van der Waals surface area contributed by atoms with Crippen molar-refractivity contribution in [3.8, 4) is 16.9 Å². The summed E-state index contributed by atoms with van der Waals surface area (Å²) in [6.45, 7) is 2.06. The average molecular weight is 731 g/mol. The Morgan fingerprint density at radius 1 is 0.918 bits per heavy atom. The van der Waals surface area contributed by atoms with E-state index in [0.717, 1.165) is 23.1 Å². The molecule has 0 unspecified atom stereocenters. The third kappa shape index (κ3) is 7.70. The van der Waals surface area contributed by atoms with Gasteiger partial charge in [-0.2, -0.15) is 0 Å². The van der Waals surface area contributed by atoms with Crippen LogP contribution in [0.2, 0.25) is 10.0 Å². The van der Waals surface area contributed by atoms with Gasteiger partial charge in [-0.1, -0.05) is 59.6 Å². The smallest absolute Gasteiger partial charge is 0.404 e. The minimum absolute atomic E-state index is 0.108. The molecule has 1 aromatic heterocycles. The first-order chi connectivity index (χ1) is 23.3. The van der Waals surface area contributed by atoms with E-state index in [0.29, 0.717) is 53.8 Å². The molecule has 6 rings (SSSR count). The van der Waals surface area contributed by atoms with Crippen molar-refractivity contribution in [3.63, 3.8) is 0 Å². The fourth-order valence-corrected chi connectivity index (χ4v) is 7.32. The molecule has 9 nitrogen and oxygen atoms in total. The number of fused-ring (bicyclic) bond motifs is 1. The number of para-hydroxylation sites is 1. The molecule has 0 radical (unpaired) electrons. The number of aromatic nitrogens is 1. The highest BCUT2D eigenvalue weighted by Crippen LogP contribution is 2.37. The number of nitrogen functional groups attached to an aromatic ring is 1. The van der Waals surface area contributed by atoms with Gasteiger partial charge in [0.25, 0.3) is 15.9 Å². The summed E-state index contributed by atoms with van der Waals surface area (Å²) in [5.74, 6) is -1.42. The summed E-state index contributed by atoms with van der Waals surface area (Å²) < 4.78 is 74.8. The van der Waals surface area contributed by atoms with Crippen LogP contribution in [-0.4, -0.2) is 61.7 Å². The largest absolute Gasteiger partial charge is 0.573 e. The topological polar surface area (TPSA) is 118 Å². The number of rotatable bonds is 8. The lowest BCUT2D eigenvalue weighted by atomic mass is 10.0. The molecule has 0 saturated carbocycles. The van der Waals surface area contributed by atoms with E-state index in [-0.39, 0.29) is 21.7 Å².